The summed E-state index contributed by atoms with van der Waals surface area (Å²) in [5.41, 5.74) is 0.387. The molecule has 0 bridgehead atoms. The van der Waals surface area contributed by atoms with Crippen LogP contribution in [0.25, 0.3) is 0 Å². The third kappa shape index (κ3) is 3.80. The molecule has 0 spiro atoms. The van der Waals surface area contributed by atoms with Crippen LogP contribution in [0.15, 0.2) is 45.7 Å². The molecule has 0 aliphatic heterocycles. The van der Waals surface area contributed by atoms with E-state index in [1.807, 2.05) is 26.0 Å². The van der Waals surface area contributed by atoms with Crippen molar-refractivity contribution in [2.75, 3.05) is 14.1 Å². The molecule has 1 aromatic heterocycles. The van der Waals surface area contributed by atoms with Crippen molar-refractivity contribution in [1.29, 1.82) is 0 Å². The quantitative estimate of drug-likeness (QED) is 0.909. The van der Waals surface area contributed by atoms with E-state index in [0.29, 0.717) is 11.3 Å². The Kier molecular flexibility index (Phi) is 4.91. The van der Waals surface area contributed by atoms with Gasteiger partial charge in [0.15, 0.2) is 0 Å². The minimum atomic E-state index is -3.50. The molecule has 0 saturated carbocycles. The van der Waals surface area contributed by atoms with E-state index in [0.717, 1.165) is 10.1 Å². The van der Waals surface area contributed by atoms with Crippen LogP contribution in [0.2, 0.25) is 0 Å². The van der Waals surface area contributed by atoms with Crippen LogP contribution in [-0.4, -0.2) is 32.7 Å². The second-order valence-electron chi connectivity index (χ2n) is 5.46. The molecule has 1 amide bonds. The van der Waals surface area contributed by atoms with E-state index in [-0.39, 0.29) is 16.8 Å². The van der Waals surface area contributed by atoms with Crippen LogP contribution < -0.4 is 5.32 Å². The van der Waals surface area contributed by atoms with Gasteiger partial charge in [-0.05, 0) is 50.2 Å². The maximum Gasteiger partial charge on any atom is 0.251 e. The van der Waals surface area contributed by atoms with Crippen LogP contribution >= 0.6 is 0 Å². The molecule has 0 saturated heterocycles. The SMILES string of the molecule is Cc1ccc(C(C)NC(=O)c2ccc(S(=O)(=O)N(C)C)cc2)o1. The van der Waals surface area contributed by atoms with E-state index >= 15 is 0 Å². The number of amides is 1. The van der Waals surface area contributed by atoms with Crippen LogP contribution in [0.3, 0.4) is 0 Å². The second kappa shape index (κ2) is 6.55. The highest BCUT2D eigenvalue weighted by molar-refractivity contribution is 7.89. The highest BCUT2D eigenvalue weighted by Gasteiger charge is 2.18. The van der Waals surface area contributed by atoms with Gasteiger partial charge in [0.1, 0.15) is 11.5 Å². The summed E-state index contributed by atoms with van der Waals surface area (Å²) in [5.74, 6) is 1.15. The van der Waals surface area contributed by atoms with Crippen molar-refractivity contribution in [2.24, 2.45) is 0 Å². The monoisotopic (exact) mass is 336 g/mol. The molecule has 0 radical (unpaired) electrons. The van der Waals surface area contributed by atoms with Gasteiger partial charge in [-0.15, -0.1) is 0 Å². The second-order valence-corrected chi connectivity index (χ2v) is 7.61. The average molecular weight is 336 g/mol. The predicted octanol–water partition coefficient (Wildman–Crippen LogP) is 2.33. The highest BCUT2D eigenvalue weighted by Crippen LogP contribution is 2.17. The molecular formula is C16H20N2O4S. The lowest BCUT2D eigenvalue weighted by Crippen LogP contribution is -2.26. The average Bonchev–Trinajstić information content (AvgIpc) is 2.94. The van der Waals surface area contributed by atoms with E-state index in [1.165, 1.54) is 38.4 Å². The lowest BCUT2D eigenvalue weighted by Gasteiger charge is -2.13. The molecular weight excluding hydrogens is 316 g/mol. The molecule has 0 aliphatic rings. The first-order chi connectivity index (χ1) is 10.7. The third-order valence-electron chi connectivity index (χ3n) is 3.43. The molecule has 2 aromatic rings. The predicted molar refractivity (Wildman–Crippen MR) is 86.6 cm³/mol. The Morgan fingerprint density at radius 3 is 2.22 bits per heavy atom. The summed E-state index contributed by atoms with van der Waals surface area (Å²) in [6, 6.07) is 9.20. The first kappa shape index (κ1) is 17.2. The van der Waals surface area contributed by atoms with Crippen molar-refractivity contribution in [3.8, 4) is 0 Å². The number of hydrogen-bond acceptors (Lipinski definition) is 4. The van der Waals surface area contributed by atoms with Gasteiger partial charge >= 0.3 is 0 Å². The van der Waals surface area contributed by atoms with Crippen LogP contribution in [0, 0.1) is 6.92 Å². The van der Waals surface area contributed by atoms with Gasteiger partial charge in [0, 0.05) is 19.7 Å². The van der Waals surface area contributed by atoms with Crippen LogP contribution in [0.5, 0.6) is 0 Å². The van der Waals surface area contributed by atoms with Gasteiger partial charge < -0.3 is 9.73 Å². The van der Waals surface area contributed by atoms with Crippen LogP contribution in [0.4, 0.5) is 0 Å². The van der Waals surface area contributed by atoms with Crippen LogP contribution in [-0.2, 0) is 10.0 Å². The fourth-order valence-electron chi connectivity index (χ4n) is 2.03. The van der Waals surface area contributed by atoms with Crippen molar-refractivity contribution >= 4 is 15.9 Å². The number of nitrogens with zero attached hydrogens (tertiary/aromatic N) is 1. The van der Waals surface area contributed by atoms with E-state index in [2.05, 4.69) is 5.32 Å². The van der Waals surface area contributed by atoms with Crippen molar-refractivity contribution < 1.29 is 17.6 Å². The Bertz CT molecular complexity index is 792. The lowest BCUT2D eigenvalue weighted by atomic mass is 10.2. The Morgan fingerprint density at radius 1 is 1.13 bits per heavy atom. The Balaban J connectivity index is 2.12. The van der Waals surface area contributed by atoms with Crippen molar-refractivity contribution in [1.82, 2.24) is 9.62 Å². The summed E-state index contributed by atoms with van der Waals surface area (Å²) < 4.78 is 30.6. The maximum atomic E-state index is 12.2. The van der Waals surface area contributed by atoms with E-state index in [9.17, 15) is 13.2 Å². The molecule has 1 N–H and O–H groups in total. The minimum absolute atomic E-state index is 0.147. The minimum Gasteiger partial charge on any atom is -0.464 e. The highest BCUT2D eigenvalue weighted by atomic mass is 32.2. The number of carbonyl (C=O) groups is 1. The molecule has 6 nitrogen and oxygen atoms in total. The Morgan fingerprint density at radius 2 is 1.74 bits per heavy atom. The van der Waals surface area contributed by atoms with Crippen molar-refractivity contribution in [2.45, 2.75) is 24.8 Å². The fraction of sp³-hybridized carbons (Fsp3) is 0.312. The van der Waals surface area contributed by atoms with E-state index < -0.39 is 10.0 Å². The van der Waals surface area contributed by atoms with E-state index in [4.69, 9.17) is 4.42 Å². The molecule has 0 aliphatic carbocycles. The van der Waals surface area contributed by atoms with Gasteiger partial charge in [0.25, 0.3) is 5.91 Å². The molecule has 7 heteroatoms. The zero-order chi connectivity index (χ0) is 17.2. The number of sulfonamides is 1. The normalized spacial score (nSPS) is 13.1. The molecule has 1 heterocycles. The molecule has 1 aromatic carbocycles. The molecule has 2 rings (SSSR count). The van der Waals surface area contributed by atoms with Gasteiger partial charge in [-0.25, -0.2) is 12.7 Å². The molecule has 1 atom stereocenters. The maximum absolute atomic E-state index is 12.2. The standard InChI is InChI=1S/C16H20N2O4S/c1-11-5-10-15(22-11)12(2)17-16(19)13-6-8-14(9-7-13)23(20,21)18(3)4/h5-10,12H,1-4H3,(H,17,19). The van der Waals surface area contributed by atoms with Crippen molar-refractivity contribution in [3.63, 3.8) is 0 Å². The Labute approximate surface area is 136 Å². The summed E-state index contributed by atoms with van der Waals surface area (Å²) in [6.45, 7) is 3.66. The third-order valence-corrected chi connectivity index (χ3v) is 5.26. The number of rotatable bonds is 5. The van der Waals surface area contributed by atoms with Gasteiger partial charge in [0.2, 0.25) is 10.0 Å². The largest absolute Gasteiger partial charge is 0.464 e. The first-order valence-electron chi connectivity index (χ1n) is 7.11. The lowest BCUT2D eigenvalue weighted by molar-refractivity contribution is 0.0935. The first-order valence-corrected chi connectivity index (χ1v) is 8.55. The number of hydrogen-bond donors (Lipinski definition) is 1. The molecule has 0 fully saturated rings. The molecule has 124 valence electrons. The number of benzene rings is 1. The number of carbonyl (C=O) groups excluding carboxylic acids is 1. The summed E-state index contributed by atoms with van der Waals surface area (Å²) in [4.78, 5) is 12.4. The smallest absolute Gasteiger partial charge is 0.251 e. The number of furan rings is 1. The molecule has 1 unspecified atom stereocenters. The summed E-state index contributed by atoms with van der Waals surface area (Å²) >= 11 is 0. The van der Waals surface area contributed by atoms with Gasteiger partial charge in [0.05, 0.1) is 10.9 Å². The zero-order valence-electron chi connectivity index (χ0n) is 13.5. The van der Waals surface area contributed by atoms with Crippen LogP contribution in [0.1, 0.15) is 34.8 Å². The van der Waals surface area contributed by atoms with Gasteiger partial charge in [-0.3, -0.25) is 4.79 Å². The Hall–Kier alpha value is -2.12. The topological polar surface area (TPSA) is 79.6 Å². The summed E-state index contributed by atoms with van der Waals surface area (Å²) in [6.07, 6.45) is 0. The zero-order valence-corrected chi connectivity index (χ0v) is 14.3. The summed E-state index contributed by atoms with van der Waals surface area (Å²) in [7, 11) is -0.573. The molecule has 23 heavy (non-hydrogen) atoms. The van der Waals surface area contributed by atoms with Gasteiger partial charge in [-0.2, -0.15) is 0 Å². The summed E-state index contributed by atoms with van der Waals surface area (Å²) in [5, 5.41) is 2.81. The van der Waals surface area contributed by atoms with Crippen molar-refractivity contribution in [3.05, 3.63) is 53.5 Å². The van der Waals surface area contributed by atoms with Gasteiger partial charge in [-0.1, -0.05) is 0 Å². The van der Waals surface area contributed by atoms with E-state index in [1.54, 1.807) is 0 Å². The number of aryl methyl sites for hydroxylation is 1. The number of nitrogens with one attached hydrogen (secondary N) is 1. The fourth-order valence-corrected chi connectivity index (χ4v) is 2.93.